The number of hydrogen-bond acceptors (Lipinski definition) is 3. The lowest BCUT2D eigenvalue weighted by Gasteiger charge is -2.34. The second-order valence-corrected chi connectivity index (χ2v) is 6.01. The molecule has 1 amide bonds. The quantitative estimate of drug-likeness (QED) is 0.928. The third-order valence-electron chi connectivity index (χ3n) is 4.51. The Bertz CT molecular complexity index is 463. The number of amides is 1. The molecule has 0 aromatic heterocycles. The van der Waals surface area contributed by atoms with E-state index >= 15 is 0 Å². The van der Waals surface area contributed by atoms with Gasteiger partial charge in [-0.25, -0.2) is 0 Å². The smallest absolute Gasteiger partial charge is 0.223 e. The van der Waals surface area contributed by atoms with Crippen LogP contribution in [0.1, 0.15) is 30.9 Å². The van der Waals surface area contributed by atoms with Crippen molar-refractivity contribution in [1.82, 2.24) is 10.2 Å². The molecule has 2 heterocycles. The van der Waals surface area contributed by atoms with Crippen LogP contribution in [0.2, 0.25) is 0 Å². The number of carbonyl (C=O) groups excluding carboxylic acids is 1. The highest BCUT2D eigenvalue weighted by Gasteiger charge is 2.27. The minimum absolute atomic E-state index is 0. The van der Waals surface area contributed by atoms with Gasteiger partial charge in [-0.3, -0.25) is 4.79 Å². The Hall–Kier alpha value is -1.10. The van der Waals surface area contributed by atoms with Crippen LogP contribution in [0, 0.1) is 5.92 Å². The van der Waals surface area contributed by atoms with Gasteiger partial charge in [-0.05, 0) is 37.4 Å². The number of benzene rings is 1. The lowest BCUT2D eigenvalue weighted by molar-refractivity contribution is -0.140. The maximum Gasteiger partial charge on any atom is 0.223 e. The predicted molar refractivity (Wildman–Crippen MR) is 89.2 cm³/mol. The van der Waals surface area contributed by atoms with E-state index in [1.54, 1.807) is 0 Å². The number of hydrogen-bond donors (Lipinski definition) is 1. The Morgan fingerprint density at radius 2 is 1.95 bits per heavy atom. The van der Waals surface area contributed by atoms with Gasteiger partial charge in [-0.2, -0.15) is 0 Å². The van der Waals surface area contributed by atoms with Crippen molar-refractivity contribution in [3.05, 3.63) is 35.9 Å². The van der Waals surface area contributed by atoms with Gasteiger partial charge in [0, 0.05) is 13.0 Å². The molecule has 5 heteroatoms. The summed E-state index contributed by atoms with van der Waals surface area (Å²) in [6.45, 7) is 4.15. The van der Waals surface area contributed by atoms with Gasteiger partial charge in [0.1, 0.15) is 6.10 Å². The van der Waals surface area contributed by atoms with Crippen LogP contribution in [0.25, 0.3) is 0 Å². The first-order valence-corrected chi connectivity index (χ1v) is 7.98. The first-order chi connectivity index (χ1) is 10.3. The predicted octanol–water partition coefficient (Wildman–Crippen LogP) is 2.40. The summed E-state index contributed by atoms with van der Waals surface area (Å²) in [5.41, 5.74) is 1.16. The van der Waals surface area contributed by atoms with Gasteiger partial charge in [0.2, 0.25) is 5.91 Å². The molecule has 1 atom stereocenters. The van der Waals surface area contributed by atoms with Crippen LogP contribution in [0.5, 0.6) is 0 Å². The molecule has 22 heavy (non-hydrogen) atoms. The van der Waals surface area contributed by atoms with Crippen molar-refractivity contribution in [3.63, 3.8) is 0 Å². The SMILES string of the molecule is Cl.O=C(CC1CCNCC1)N1CCOC(c2ccccc2)C1. The molecule has 1 aromatic carbocycles. The van der Waals surface area contributed by atoms with Crippen molar-refractivity contribution in [2.24, 2.45) is 5.92 Å². The highest BCUT2D eigenvalue weighted by molar-refractivity contribution is 5.85. The molecule has 1 N–H and O–H groups in total. The number of piperidine rings is 1. The second kappa shape index (κ2) is 8.51. The number of morpholine rings is 1. The highest BCUT2D eigenvalue weighted by Crippen LogP contribution is 2.24. The fraction of sp³-hybridized carbons (Fsp3) is 0.588. The Morgan fingerprint density at radius 3 is 2.68 bits per heavy atom. The van der Waals surface area contributed by atoms with E-state index in [4.69, 9.17) is 4.74 Å². The van der Waals surface area contributed by atoms with E-state index in [0.717, 1.165) is 38.0 Å². The first-order valence-electron chi connectivity index (χ1n) is 7.98. The van der Waals surface area contributed by atoms with Crippen LogP contribution in [-0.4, -0.2) is 43.6 Å². The number of ether oxygens (including phenoxy) is 1. The summed E-state index contributed by atoms with van der Waals surface area (Å²) in [7, 11) is 0. The normalized spacial score (nSPS) is 22.9. The zero-order valence-corrected chi connectivity index (χ0v) is 13.7. The topological polar surface area (TPSA) is 41.6 Å². The summed E-state index contributed by atoms with van der Waals surface area (Å²) in [6.07, 6.45) is 2.97. The van der Waals surface area contributed by atoms with Gasteiger partial charge < -0.3 is 15.0 Å². The summed E-state index contributed by atoms with van der Waals surface area (Å²) >= 11 is 0. The van der Waals surface area contributed by atoms with Crippen LogP contribution in [0.15, 0.2) is 30.3 Å². The van der Waals surface area contributed by atoms with Crippen molar-refractivity contribution < 1.29 is 9.53 Å². The molecule has 1 unspecified atom stereocenters. The molecule has 0 bridgehead atoms. The lowest BCUT2D eigenvalue weighted by atomic mass is 9.94. The van der Waals surface area contributed by atoms with Crippen molar-refractivity contribution in [3.8, 4) is 0 Å². The van der Waals surface area contributed by atoms with E-state index in [0.29, 0.717) is 31.4 Å². The Labute approximate surface area is 138 Å². The molecular formula is C17H25ClN2O2. The number of halogens is 1. The van der Waals surface area contributed by atoms with E-state index in [-0.39, 0.29) is 18.5 Å². The zero-order chi connectivity index (χ0) is 14.5. The molecule has 1 aromatic rings. The van der Waals surface area contributed by atoms with Crippen molar-refractivity contribution in [1.29, 1.82) is 0 Å². The van der Waals surface area contributed by atoms with E-state index in [9.17, 15) is 4.79 Å². The summed E-state index contributed by atoms with van der Waals surface area (Å²) < 4.78 is 5.83. The van der Waals surface area contributed by atoms with Crippen molar-refractivity contribution in [2.45, 2.75) is 25.4 Å². The van der Waals surface area contributed by atoms with E-state index in [1.807, 2.05) is 23.1 Å². The molecule has 2 aliphatic rings. The summed E-state index contributed by atoms with van der Waals surface area (Å²) in [6, 6.07) is 10.2. The fourth-order valence-corrected chi connectivity index (χ4v) is 3.21. The minimum atomic E-state index is 0. The maximum absolute atomic E-state index is 12.5. The fourth-order valence-electron chi connectivity index (χ4n) is 3.21. The largest absolute Gasteiger partial charge is 0.370 e. The number of nitrogens with one attached hydrogen (secondary N) is 1. The summed E-state index contributed by atoms with van der Waals surface area (Å²) in [5, 5.41) is 3.35. The average molecular weight is 325 g/mol. The molecule has 0 spiro atoms. The van der Waals surface area contributed by atoms with Gasteiger partial charge >= 0.3 is 0 Å². The van der Waals surface area contributed by atoms with Gasteiger partial charge in [0.05, 0.1) is 13.2 Å². The van der Waals surface area contributed by atoms with E-state index < -0.39 is 0 Å². The zero-order valence-electron chi connectivity index (χ0n) is 12.9. The molecule has 0 radical (unpaired) electrons. The van der Waals surface area contributed by atoms with Crippen LogP contribution >= 0.6 is 12.4 Å². The van der Waals surface area contributed by atoms with E-state index in [2.05, 4.69) is 17.4 Å². The lowest BCUT2D eigenvalue weighted by Crippen LogP contribution is -2.43. The monoisotopic (exact) mass is 324 g/mol. The third kappa shape index (κ3) is 4.45. The Kier molecular flexibility index (Phi) is 6.68. The van der Waals surface area contributed by atoms with E-state index in [1.165, 1.54) is 0 Å². The molecule has 4 nitrogen and oxygen atoms in total. The molecular weight excluding hydrogens is 300 g/mol. The number of nitrogens with zero attached hydrogens (tertiary/aromatic N) is 1. The summed E-state index contributed by atoms with van der Waals surface area (Å²) in [4.78, 5) is 14.5. The number of rotatable bonds is 3. The minimum Gasteiger partial charge on any atom is -0.370 e. The molecule has 0 aliphatic carbocycles. The van der Waals surface area contributed by atoms with Crippen molar-refractivity contribution >= 4 is 18.3 Å². The van der Waals surface area contributed by atoms with Crippen LogP contribution < -0.4 is 5.32 Å². The molecule has 2 saturated heterocycles. The Balaban J connectivity index is 0.00000176. The standard InChI is InChI=1S/C17H24N2O2.ClH/c20-17(12-14-6-8-18-9-7-14)19-10-11-21-16(13-19)15-4-2-1-3-5-15;/h1-5,14,16,18H,6-13H2;1H. The molecule has 122 valence electrons. The Morgan fingerprint density at radius 1 is 1.23 bits per heavy atom. The van der Waals surface area contributed by atoms with Crippen LogP contribution in [0.3, 0.4) is 0 Å². The van der Waals surface area contributed by atoms with Crippen LogP contribution in [0.4, 0.5) is 0 Å². The number of carbonyl (C=O) groups is 1. The van der Waals surface area contributed by atoms with Crippen LogP contribution in [-0.2, 0) is 9.53 Å². The molecule has 3 rings (SSSR count). The van der Waals surface area contributed by atoms with Gasteiger partial charge in [0.25, 0.3) is 0 Å². The summed E-state index contributed by atoms with van der Waals surface area (Å²) in [5.74, 6) is 0.850. The molecule has 2 fully saturated rings. The van der Waals surface area contributed by atoms with Gasteiger partial charge in [-0.15, -0.1) is 12.4 Å². The molecule has 2 aliphatic heterocycles. The third-order valence-corrected chi connectivity index (χ3v) is 4.51. The molecule has 0 saturated carbocycles. The van der Waals surface area contributed by atoms with Gasteiger partial charge in [0.15, 0.2) is 0 Å². The first kappa shape index (κ1) is 17.3. The maximum atomic E-state index is 12.5. The van der Waals surface area contributed by atoms with Gasteiger partial charge in [-0.1, -0.05) is 30.3 Å². The highest BCUT2D eigenvalue weighted by atomic mass is 35.5. The van der Waals surface area contributed by atoms with Crippen molar-refractivity contribution in [2.75, 3.05) is 32.8 Å². The average Bonchev–Trinajstić information content (AvgIpc) is 2.57. The second-order valence-electron chi connectivity index (χ2n) is 6.01.